The molecule has 0 radical (unpaired) electrons. The molecule has 1 N–H and O–H groups in total. The molecule has 1 aromatic carbocycles. The normalized spacial score (nSPS) is 23.3. The number of nitrogens with one attached hydrogen (secondary N) is 1. The second-order valence-electron chi connectivity index (χ2n) is 10.7. The first-order chi connectivity index (χ1) is 17.7. The zero-order valence-corrected chi connectivity index (χ0v) is 21.9. The van der Waals surface area contributed by atoms with Gasteiger partial charge in [-0.3, -0.25) is 0 Å². The van der Waals surface area contributed by atoms with Gasteiger partial charge in [0.2, 0.25) is 0 Å². The van der Waals surface area contributed by atoms with Crippen LogP contribution in [0.4, 0.5) is 18.9 Å². The van der Waals surface area contributed by atoms with Gasteiger partial charge < -0.3 is 9.88 Å². The topological polar surface area (TPSA) is 72.5 Å². The molecule has 11 heteroatoms. The highest BCUT2D eigenvalue weighted by Gasteiger charge is 2.44. The molecule has 0 spiro atoms. The van der Waals surface area contributed by atoms with Crippen molar-refractivity contribution in [1.82, 2.24) is 18.6 Å². The third-order valence-electron chi connectivity index (χ3n) is 8.35. The number of halogens is 3. The molecule has 1 aliphatic carbocycles. The highest BCUT2D eigenvalue weighted by Crippen LogP contribution is 2.38. The SMILES string of the molecule is O=S(=O)(N1CCC(C(F)(F)F)CC1)N1Cc2ccccc2N(Cc2cnc[nH]2)C(CCC2CCCC2)C1. The van der Waals surface area contributed by atoms with Crippen molar-refractivity contribution in [2.45, 2.75) is 76.7 Å². The first kappa shape index (κ1) is 26.5. The van der Waals surface area contributed by atoms with Crippen molar-refractivity contribution >= 4 is 15.9 Å². The number of H-pyrrole nitrogens is 1. The maximum absolute atomic E-state index is 13.8. The van der Waals surface area contributed by atoms with Crippen molar-refractivity contribution in [3.05, 3.63) is 48.0 Å². The van der Waals surface area contributed by atoms with E-state index < -0.39 is 22.3 Å². The van der Waals surface area contributed by atoms with Gasteiger partial charge in [0.1, 0.15) is 0 Å². The third-order valence-corrected chi connectivity index (χ3v) is 10.3. The zero-order valence-electron chi connectivity index (χ0n) is 21.0. The number of aromatic amines is 1. The fraction of sp³-hybridized carbons (Fsp3) is 0.654. The van der Waals surface area contributed by atoms with E-state index in [1.807, 2.05) is 24.3 Å². The molecule has 1 saturated heterocycles. The maximum atomic E-state index is 13.8. The van der Waals surface area contributed by atoms with Gasteiger partial charge >= 0.3 is 6.18 Å². The number of anilines is 1. The molecule has 1 aromatic heterocycles. The Kier molecular flexibility index (Phi) is 7.83. The fourth-order valence-electron chi connectivity index (χ4n) is 6.21. The quantitative estimate of drug-likeness (QED) is 0.532. The molecule has 2 fully saturated rings. The number of imidazole rings is 1. The summed E-state index contributed by atoms with van der Waals surface area (Å²) in [7, 11) is -3.92. The van der Waals surface area contributed by atoms with Crippen LogP contribution < -0.4 is 4.90 Å². The predicted octanol–water partition coefficient (Wildman–Crippen LogP) is 5.09. The minimum absolute atomic E-state index is 0.0601. The van der Waals surface area contributed by atoms with Crippen LogP contribution in [0, 0.1) is 11.8 Å². The molecule has 2 aliphatic heterocycles. The molecule has 1 unspecified atom stereocenters. The summed E-state index contributed by atoms with van der Waals surface area (Å²) in [5.74, 6) is -0.771. The number of aromatic nitrogens is 2. The smallest absolute Gasteiger partial charge is 0.361 e. The van der Waals surface area contributed by atoms with Gasteiger partial charge in [0.25, 0.3) is 10.2 Å². The van der Waals surface area contributed by atoms with Crippen molar-refractivity contribution in [1.29, 1.82) is 0 Å². The number of benzene rings is 1. The highest BCUT2D eigenvalue weighted by molar-refractivity contribution is 7.86. The number of para-hydroxylation sites is 1. The van der Waals surface area contributed by atoms with Crippen LogP contribution in [0.15, 0.2) is 36.8 Å². The average molecular weight is 540 g/mol. The molecule has 5 rings (SSSR count). The van der Waals surface area contributed by atoms with Crippen LogP contribution in [0.25, 0.3) is 0 Å². The number of piperidine rings is 1. The van der Waals surface area contributed by atoms with E-state index in [2.05, 4.69) is 14.9 Å². The van der Waals surface area contributed by atoms with Gasteiger partial charge in [-0.05, 0) is 43.2 Å². The molecule has 37 heavy (non-hydrogen) atoms. The van der Waals surface area contributed by atoms with Crippen LogP contribution in [-0.2, 0) is 23.3 Å². The summed E-state index contributed by atoms with van der Waals surface area (Å²) >= 11 is 0. The minimum atomic E-state index is -4.28. The molecule has 1 atom stereocenters. The maximum Gasteiger partial charge on any atom is 0.391 e. The van der Waals surface area contributed by atoms with Crippen LogP contribution in [0.1, 0.15) is 62.6 Å². The van der Waals surface area contributed by atoms with Gasteiger partial charge in [-0.25, -0.2) is 4.98 Å². The van der Waals surface area contributed by atoms with Crippen LogP contribution >= 0.6 is 0 Å². The Bertz CT molecular complexity index is 1130. The number of hydrogen-bond donors (Lipinski definition) is 1. The zero-order chi connectivity index (χ0) is 26.0. The first-order valence-electron chi connectivity index (χ1n) is 13.4. The third kappa shape index (κ3) is 5.98. The van der Waals surface area contributed by atoms with E-state index in [-0.39, 0.29) is 38.5 Å². The number of nitrogens with zero attached hydrogens (tertiary/aromatic N) is 4. The molecule has 0 bridgehead atoms. The Hall–Kier alpha value is -2.11. The Morgan fingerprint density at radius 3 is 2.41 bits per heavy atom. The van der Waals surface area contributed by atoms with E-state index in [0.29, 0.717) is 19.0 Å². The van der Waals surface area contributed by atoms with Crippen LogP contribution in [0.5, 0.6) is 0 Å². The molecule has 0 amide bonds. The van der Waals surface area contributed by atoms with Crippen molar-refractivity contribution in [3.63, 3.8) is 0 Å². The summed E-state index contributed by atoms with van der Waals surface area (Å²) in [6.07, 6.45) is 5.63. The summed E-state index contributed by atoms with van der Waals surface area (Å²) in [5.41, 5.74) is 2.85. The second-order valence-corrected chi connectivity index (χ2v) is 12.7. The van der Waals surface area contributed by atoms with E-state index in [4.69, 9.17) is 0 Å². The van der Waals surface area contributed by atoms with Crippen molar-refractivity contribution < 1.29 is 21.6 Å². The summed E-state index contributed by atoms with van der Waals surface area (Å²) < 4.78 is 70.0. The van der Waals surface area contributed by atoms with Gasteiger partial charge in [0, 0.05) is 44.1 Å². The molecular formula is C26H36F3N5O2S. The van der Waals surface area contributed by atoms with Crippen LogP contribution in [-0.4, -0.2) is 58.8 Å². The molecule has 7 nitrogen and oxygen atoms in total. The molecule has 204 valence electrons. The van der Waals surface area contributed by atoms with Gasteiger partial charge in [0.05, 0.1) is 24.5 Å². The molecule has 3 aliphatic rings. The number of fused-ring (bicyclic) bond motifs is 1. The first-order valence-corrected chi connectivity index (χ1v) is 14.7. The lowest BCUT2D eigenvalue weighted by Crippen LogP contribution is -2.51. The molecule has 1 saturated carbocycles. The second kappa shape index (κ2) is 10.9. The highest BCUT2D eigenvalue weighted by atomic mass is 32.2. The van der Waals surface area contributed by atoms with Crippen LogP contribution in [0.2, 0.25) is 0 Å². The summed E-state index contributed by atoms with van der Waals surface area (Å²) in [6.45, 7) is 0.885. The standard InChI is InChI=1S/C26H36F3N5O2S/c27-26(28,29)22-11-13-32(14-12-22)37(35,36)33-16-21-7-3-4-8-25(21)34(17-23-15-30-19-31-23)24(18-33)10-9-20-5-1-2-6-20/h3-4,7-8,15,19-20,22,24H,1-2,5-6,9-14,16-18H2,(H,30,31). The monoisotopic (exact) mass is 539 g/mol. The Morgan fingerprint density at radius 2 is 1.73 bits per heavy atom. The van der Waals surface area contributed by atoms with E-state index in [9.17, 15) is 21.6 Å². The Labute approximate surface area is 217 Å². The lowest BCUT2D eigenvalue weighted by molar-refractivity contribution is -0.182. The van der Waals surface area contributed by atoms with Crippen molar-refractivity contribution in [3.8, 4) is 0 Å². The van der Waals surface area contributed by atoms with E-state index in [0.717, 1.165) is 29.8 Å². The van der Waals surface area contributed by atoms with Crippen LogP contribution in [0.3, 0.4) is 0 Å². The fourth-order valence-corrected chi connectivity index (χ4v) is 7.87. The largest absolute Gasteiger partial charge is 0.391 e. The van der Waals surface area contributed by atoms with E-state index in [1.54, 1.807) is 12.5 Å². The van der Waals surface area contributed by atoms with E-state index >= 15 is 0 Å². The van der Waals surface area contributed by atoms with Gasteiger partial charge in [-0.2, -0.15) is 30.2 Å². The minimum Gasteiger partial charge on any atom is -0.361 e. The van der Waals surface area contributed by atoms with Crippen molar-refractivity contribution in [2.24, 2.45) is 11.8 Å². The summed E-state index contributed by atoms with van der Waals surface area (Å²) in [6, 6.07) is 7.81. The van der Waals surface area contributed by atoms with Gasteiger partial charge in [-0.15, -0.1) is 0 Å². The van der Waals surface area contributed by atoms with Gasteiger partial charge in [0.15, 0.2) is 0 Å². The summed E-state index contributed by atoms with van der Waals surface area (Å²) in [4.78, 5) is 9.64. The average Bonchev–Trinajstić information content (AvgIpc) is 3.56. The van der Waals surface area contributed by atoms with Crippen molar-refractivity contribution in [2.75, 3.05) is 24.5 Å². The number of alkyl halides is 3. The number of rotatable bonds is 7. The Balaban J connectivity index is 1.42. The lowest BCUT2D eigenvalue weighted by atomic mass is 9.97. The number of hydrogen-bond acceptors (Lipinski definition) is 4. The molecule has 2 aromatic rings. The van der Waals surface area contributed by atoms with E-state index in [1.165, 1.54) is 34.3 Å². The predicted molar refractivity (Wildman–Crippen MR) is 136 cm³/mol. The molecular weight excluding hydrogens is 503 g/mol. The lowest BCUT2D eigenvalue weighted by Gasteiger charge is -2.37. The molecule has 3 heterocycles. The summed E-state index contributed by atoms with van der Waals surface area (Å²) in [5, 5.41) is 0. The Morgan fingerprint density at radius 1 is 1.00 bits per heavy atom. The van der Waals surface area contributed by atoms with Gasteiger partial charge in [-0.1, -0.05) is 43.9 Å².